The van der Waals surface area contributed by atoms with Crippen LogP contribution in [0.2, 0.25) is 0 Å². The third-order valence-electron chi connectivity index (χ3n) is 5.25. The van der Waals surface area contributed by atoms with Crippen molar-refractivity contribution in [3.8, 4) is 17.1 Å². The number of nitrogens with two attached hydrogens (primary N) is 1. The number of phenols is 1. The zero-order valence-corrected chi connectivity index (χ0v) is 18.8. The van der Waals surface area contributed by atoms with Gasteiger partial charge >= 0.3 is 0 Å². The van der Waals surface area contributed by atoms with E-state index in [1.165, 1.54) is 0 Å². The Labute approximate surface area is 190 Å². The topological polar surface area (TPSA) is 113 Å². The van der Waals surface area contributed by atoms with Crippen LogP contribution < -0.4 is 10.6 Å². The number of rotatable bonds is 3. The van der Waals surface area contributed by atoms with Gasteiger partial charge < -0.3 is 20.5 Å². The lowest BCUT2D eigenvalue weighted by molar-refractivity contribution is 0.0986. The number of aromatic hydroxyl groups is 1. The molecule has 1 fully saturated rings. The number of ether oxygens (including phenoxy) is 1. The van der Waals surface area contributed by atoms with Crippen molar-refractivity contribution in [2.24, 2.45) is 0 Å². The first-order valence-corrected chi connectivity index (χ1v) is 11.5. The molecule has 0 bridgehead atoms. The molecule has 4 N–H and O–H groups in total. The lowest BCUT2D eigenvalue weighted by atomic mass is 10.1. The number of aromatic amines is 1. The number of para-hydroxylation sites is 1. The van der Waals surface area contributed by atoms with Crippen LogP contribution in [0, 0.1) is 0 Å². The molecule has 5 rings (SSSR count). The Hall–Kier alpha value is -3.30. The van der Waals surface area contributed by atoms with Crippen molar-refractivity contribution < 1.29 is 9.84 Å². The zero-order chi connectivity index (χ0) is 22.5. The number of hydrogen-bond donors (Lipinski definition) is 3. The van der Waals surface area contributed by atoms with E-state index < -0.39 is 0 Å². The highest BCUT2D eigenvalue weighted by Crippen LogP contribution is 2.31. The normalized spacial score (nSPS) is 15.9. The van der Waals surface area contributed by atoms with Gasteiger partial charge in [-0.1, -0.05) is 12.1 Å². The number of thioether (sulfide) groups is 1. The van der Waals surface area contributed by atoms with Crippen LogP contribution >= 0.6 is 11.8 Å². The maximum Gasteiger partial charge on any atom is 0.131 e. The Morgan fingerprint density at radius 2 is 2.06 bits per heavy atom. The van der Waals surface area contributed by atoms with E-state index in [-0.39, 0.29) is 6.04 Å². The minimum Gasteiger partial charge on any atom is -0.507 e. The first-order chi connectivity index (χ1) is 15.6. The Balaban J connectivity index is 0.000000230. The van der Waals surface area contributed by atoms with Crippen LogP contribution in [0.3, 0.4) is 0 Å². The quantitative estimate of drug-likeness (QED) is 0.402. The molecule has 0 saturated carbocycles. The second-order valence-corrected chi connectivity index (χ2v) is 8.23. The Kier molecular flexibility index (Phi) is 6.77. The maximum atomic E-state index is 9.09. The maximum absolute atomic E-state index is 9.09. The average molecular weight is 451 g/mol. The van der Waals surface area contributed by atoms with Crippen LogP contribution in [0.1, 0.15) is 6.92 Å². The van der Waals surface area contributed by atoms with E-state index in [9.17, 15) is 0 Å². The number of fused-ring (bicyclic) bond motifs is 1. The van der Waals surface area contributed by atoms with E-state index >= 15 is 0 Å². The summed E-state index contributed by atoms with van der Waals surface area (Å²) in [6, 6.07) is 13.3. The third-order valence-corrected chi connectivity index (χ3v) is 6.03. The molecule has 4 aromatic rings. The third kappa shape index (κ3) is 4.63. The van der Waals surface area contributed by atoms with Gasteiger partial charge in [-0.2, -0.15) is 5.10 Å². The summed E-state index contributed by atoms with van der Waals surface area (Å²) in [5.74, 6) is 1.23. The van der Waals surface area contributed by atoms with E-state index in [4.69, 9.17) is 20.6 Å². The van der Waals surface area contributed by atoms with Crippen LogP contribution in [0.25, 0.3) is 22.3 Å². The second kappa shape index (κ2) is 9.88. The summed E-state index contributed by atoms with van der Waals surface area (Å²) in [6.07, 6.45) is 5.38. The Morgan fingerprint density at radius 3 is 2.75 bits per heavy atom. The van der Waals surface area contributed by atoms with Crippen molar-refractivity contribution >= 4 is 34.2 Å². The molecule has 1 saturated heterocycles. The zero-order valence-electron chi connectivity index (χ0n) is 18.0. The summed E-state index contributed by atoms with van der Waals surface area (Å²) >= 11 is 1.55. The van der Waals surface area contributed by atoms with Crippen molar-refractivity contribution in [3.63, 3.8) is 0 Å². The van der Waals surface area contributed by atoms with Gasteiger partial charge in [-0.05, 0) is 37.4 Å². The van der Waals surface area contributed by atoms with Crippen molar-refractivity contribution in [2.45, 2.75) is 17.9 Å². The van der Waals surface area contributed by atoms with Gasteiger partial charge in [0.05, 0.1) is 24.9 Å². The number of anilines is 2. The number of nitrogens with zero attached hydrogens (tertiary/aromatic N) is 4. The van der Waals surface area contributed by atoms with Crippen molar-refractivity contribution in [1.82, 2.24) is 20.2 Å². The van der Waals surface area contributed by atoms with E-state index in [1.54, 1.807) is 30.2 Å². The molecule has 1 atom stereocenters. The molecular weight excluding hydrogens is 424 g/mol. The molecule has 3 aromatic heterocycles. The van der Waals surface area contributed by atoms with Gasteiger partial charge in [0.15, 0.2) is 0 Å². The number of phenolic OH excluding ortho intramolecular Hbond substituents is 1. The van der Waals surface area contributed by atoms with Crippen molar-refractivity contribution in [2.75, 3.05) is 36.6 Å². The monoisotopic (exact) mass is 450 g/mol. The van der Waals surface area contributed by atoms with Gasteiger partial charge in [0.2, 0.25) is 0 Å². The smallest absolute Gasteiger partial charge is 0.131 e. The predicted molar refractivity (Wildman–Crippen MR) is 129 cm³/mol. The molecule has 1 unspecified atom stereocenters. The van der Waals surface area contributed by atoms with E-state index in [0.29, 0.717) is 24.7 Å². The molecule has 0 aliphatic carbocycles. The average Bonchev–Trinajstić information content (AvgIpc) is 3.35. The second-order valence-electron chi connectivity index (χ2n) is 7.38. The molecule has 9 heteroatoms. The van der Waals surface area contributed by atoms with Crippen LogP contribution in [0.15, 0.2) is 59.8 Å². The number of pyridine rings is 2. The number of aromatic nitrogens is 4. The minimum atomic E-state index is 0.264. The van der Waals surface area contributed by atoms with Crippen molar-refractivity contribution in [3.05, 3.63) is 54.9 Å². The largest absolute Gasteiger partial charge is 0.507 e. The summed E-state index contributed by atoms with van der Waals surface area (Å²) in [5.41, 5.74) is 9.35. The fourth-order valence-electron chi connectivity index (χ4n) is 3.59. The van der Waals surface area contributed by atoms with Crippen LogP contribution in [0.4, 0.5) is 11.5 Å². The summed E-state index contributed by atoms with van der Waals surface area (Å²) < 4.78 is 5.51. The highest BCUT2D eigenvalue weighted by Gasteiger charge is 2.22. The fourth-order valence-corrected chi connectivity index (χ4v) is 4.08. The van der Waals surface area contributed by atoms with Crippen LogP contribution in [-0.4, -0.2) is 57.3 Å². The number of hydrogen-bond acceptors (Lipinski definition) is 8. The summed E-state index contributed by atoms with van der Waals surface area (Å²) in [6.45, 7) is 4.32. The highest BCUT2D eigenvalue weighted by molar-refractivity contribution is 7.98. The lowest BCUT2D eigenvalue weighted by Gasteiger charge is -2.34. The van der Waals surface area contributed by atoms with Crippen LogP contribution in [-0.2, 0) is 4.74 Å². The predicted octanol–water partition coefficient (Wildman–Crippen LogP) is 3.94. The molecule has 1 aromatic carbocycles. The molecule has 166 valence electrons. The fraction of sp³-hybridized carbons (Fsp3) is 0.261. The van der Waals surface area contributed by atoms with E-state index in [0.717, 1.165) is 39.5 Å². The first-order valence-electron chi connectivity index (χ1n) is 10.3. The van der Waals surface area contributed by atoms with Gasteiger partial charge in [0.25, 0.3) is 0 Å². The standard InChI is InChI=1S/C16H18N6O.C7H8OS/c1-10-9-23-7-6-22(10)14-8-12(17)11-2-4-18-16(15(11)20-14)13-3-5-19-21-13;1-9-7-5-3-2-4-6(7)8/h2-5,8,10H,6-7,9H2,1H3,(H2,17,20)(H,19,21);2-5,8H,1H3. The number of nitrogens with one attached hydrogen (secondary N) is 1. The summed E-state index contributed by atoms with van der Waals surface area (Å²) in [4.78, 5) is 12.5. The van der Waals surface area contributed by atoms with E-state index in [1.807, 2.05) is 42.7 Å². The minimum absolute atomic E-state index is 0.264. The van der Waals surface area contributed by atoms with Gasteiger partial charge in [-0.25, -0.2) is 4.98 Å². The van der Waals surface area contributed by atoms with Gasteiger partial charge in [-0.3, -0.25) is 10.1 Å². The molecule has 32 heavy (non-hydrogen) atoms. The van der Waals surface area contributed by atoms with Gasteiger partial charge in [0, 0.05) is 41.0 Å². The first kappa shape index (κ1) is 21.9. The molecule has 0 radical (unpaired) electrons. The molecule has 1 aliphatic rings. The lowest BCUT2D eigenvalue weighted by Crippen LogP contribution is -2.44. The SMILES string of the molecule is CC1COCCN1c1cc(N)c2ccnc(-c3ccn[nH]3)c2n1.CSc1ccccc1O. The molecular formula is C23H26N6O2S. The Morgan fingerprint density at radius 1 is 1.22 bits per heavy atom. The molecule has 0 spiro atoms. The number of morpholine rings is 1. The summed E-state index contributed by atoms with van der Waals surface area (Å²) in [7, 11) is 0. The van der Waals surface area contributed by atoms with Gasteiger partial charge in [0.1, 0.15) is 22.8 Å². The van der Waals surface area contributed by atoms with Crippen molar-refractivity contribution in [1.29, 1.82) is 0 Å². The molecule has 8 nitrogen and oxygen atoms in total. The van der Waals surface area contributed by atoms with E-state index in [2.05, 4.69) is 27.0 Å². The molecule has 0 amide bonds. The Bertz CT molecular complexity index is 1180. The van der Waals surface area contributed by atoms with Crippen LogP contribution in [0.5, 0.6) is 5.75 Å². The number of nitrogen functional groups attached to an aromatic ring is 1. The summed E-state index contributed by atoms with van der Waals surface area (Å²) in [5, 5.41) is 16.9. The number of H-pyrrole nitrogens is 1. The number of benzene rings is 1. The highest BCUT2D eigenvalue weighted by atomic mass is 32.2. The van der Waals surface area contributed by atoms with Gasteiger partial charge in [-0.15, -0.1) is 11.8 Å². The molecule has 4 heterocycles. The molecule has 1 aliphatic heterocycles.